The van der Waals surface area contributed by atoms with Crippen molar-refractivity contribution < 1.29 is 0 Å². The first-order valence-corrected chi connectivity index (χ1v) is 8.61. The van der Waals surface area contributed by atoms with Crippen LogP contribution < -0.4 is 0 Å². The van der Waals surface area contributed by atoms with Crippen molar-refractivity contribution in [2.45, 2.75) is 54.9 Å². The lowest BCUT2D eigenvalue weighted by Gasteiger charge is -2.13. The van der Waals surface area contributed by atoms with Gasteiger partial charge in [-0.15, -0.1) is 11.3 Å². The zero-order valence-electron chi connectivity index (χ0n) is 14.2. The Morgan fingerprint density at radius 3 is 2.00 bits per heavy atom. The minimum atomic E-state index is 1.11. The highest BCUT2D eigenvalue weighted by molar-refractivity contribution is 7.26. The van der Waals surface area contributed by atoms with Crippen molar-refractivity contribution in [3.05, 3.63) is 45.0 Å². The van der Waals surface area contributed by atoms with E-state index in [1.807, 2.05) is 11.3 Å². The number of hydrogen-bond donors (Lipinski definition) is 0. The number of benzene rings is 2. The predicted octanol–water partition coefficient (Wildman–Crippen LogP) is 6.47. The molecule has 1 heterocycles. The molecule has 0 radical (unpaired) electrons. The Bertz CT molecular complexity index is 879. The maximum atomic E-state index is 2.41. The van der Waals surface area contributed by atoms with Gasteiger partial charge in [-0.25, -0.2) is 0 Å². The topological polar surface area (TPSA) is 0 Å². The van der Waals surface area contributed by atoms with E-state index in [4.69, 9.17) is 0 Å². The third-order valence-corrected chi connectivity index (χ3v) is 6.82. The van der Waals surface area contributed by atoms with E-state index in [0.29, 0.717) is 0 Å². The molecular formula is C20H24S. The van der Waals surface area contributed by atoms with Gasteiger partial charge in [0.05, 0.1) is 0 Å². The Kier molecular flexibility index (Phi) is 3.37. The number of rotatable bonds is 1. The first kappa shape index (κ1) is 14.6. The fraction of sp³-hybridized carbons (Fsp3) is 0.400. The number of thiophene rings is 1. The molecule has 0 atom stereocenters. The van der Waals surface area contributed by atoms with Gasteiger partial charge in [-0.05, 0) is 93.0 Å². The van der Waals surface area contributed by atoms with Crippen LogP contribution in [0.1, 0.15) is 45.9 Å². The summed E-state index contributed by atoms with van der Waals surface area (Å²) in [4.78, 5) is 0. The van der Waals surface area contributed by atoms with Gasteiger partial charge in [-0.2, -0.15) is 0 Å². The molecule has 0 N–H and O–H groups in total. The van der Waals surface area contributed by atoms with Gasteiger partial charge in [-0.3, -0.25) is 0 Å². The first-order chi connectivity index (χ1) is 9.88. The van der Waals surface area contributed by atoms with Crippen LogP contribution >= 0.6 is 11.3 Å². The van der Waals surface area contributed by atoms with E-state index in [1.54, 1.807) is 5.56 Å². The van der Waals surface area contributed by atoms with E-state index >= 15 is 0 Å². The fourth-order valence-corrected chi connectivity index (χ4v) is 4.94. The molecule has 0 saturated heterocycles. The molecule has 0 unspecified atom stereocenters. The number of hydrogen-bond acceptors (Lipinski definition) is 1. The first-order valence-electron chi connectivity index (χ1n) is 7.80. The van der Waals surface area contributed by atoms with Crippen molar-refractivity contribution >= 4 is 31.5 Å². The van der Waals surface area contributed by atoms with Gasteiger partial charge in [0.15, 0.2) is 0 Å². The SMILES string of the molecule is CCc1c(C)c(C)c(C)c2sc3c(C)c(C)c(C)cc3c12. The van der Waals surface area contributed by atoms with Crippen LogP contribution in [0.15, 0.2) is 6.07 Å². The van der Waals surface area contributed by atoms with Crippen molar-refractivity contribution in [1.82, 2.24) is 0 Å². The summed E-state index contributed by atoms with van der Waals surface area (Å²) in [6, 6.07) is 2.41. The molecule has 2 aromatic carbocycles. The number of aryl methyl sites for hydroxylation is 4. The Hall–Kier alpha value is -1.34. The van der Waals surface area contributed by atoms with Gasteiger partial charge < -0.3 is 0 Å². The van der Waals surface area contributed by atoms with Crippen LogP contribution in [0, 0.1) is 41.5 Å². The Balaban J connectivity index is 2.66. The largest absolute Gasteiger partial charge is 0.135 e. The van der Waals surface area contributed by atoms with Gasteiger partial charge in [0.1, 0.15) is 0 Å². The Labute approximate surface area is 131 Å². The van der Waals surface area contributed by atoms with Crippen LogP contribution in [-0.4, -0.2) is 0 Å². The molecule has 0 bridgehead atoms. The Morgan fingerprint density at radius 2 is 1.38 bits per heavy atom. The normalized spacial score (nSPS) is 11.8. The highest BCUT2D eigenvalue weighted by Crippen LogP contribution is 2.43. The highest BCUT2D eigenvalue weighted by atomic mass is 32.1. The van der Waals surface area contributed by atoms with Crippen molar-refractivity contribution in [3.8, 4) is 0 Å². The zero-order chi connectivity index (χ0) is 15.5. The van der Waals surface area contributed by atoms with Gasteiger partial charge >= 0.3 is 0 Å². The summed E-state index contributed by atoms with van der Waals surface area (Å²) in [7, 11) is 0. The predicted molar refractivity (Wildman–Crippen MR) is 97.1 cm³/mol. The second-order valence-electron chi connectivity index (χ2n) is 6.33. The molecule has 3 rings (SSSR count). The molecule has 0 fully saturated rings. The lowest BCUT2D eigenvalue weighted by atomic mass is 9.91. The standard InChI is InChI=1S/C20H24S/c1-8-16-13(5)12(4)15(7)20-18(16)17-9-10(2)11(3)14(6)19(17)21-20/h9H,8H2,1-7H3. The van der Waals surface area contributed by atoms with Crippen molar-refractivity contribution in [2.75, 3.05) is 0 Å². The van der Waals surface area contributed by atoms with Crippen molar-refractivity contribution in [3.63, 3.8) is 0 Å². The summed E-state index contributed by atoms with van der Waals surface area (Å²) in [5, 5.41) is 2.99. The van der Waals surface area contributed by atoms with Gasteiger partial charge in [0, 0.05) is 20.2 Å². The van der Waals surface area contributed by atoms with E-state index in [2.05, 4.69) is 54.5 Å². The lowest BCUT2D eigenvalue weighted by Crippen LogP contribution is -1.95. The molecular weight excluding hydrogens is 272 g/mol. The third kappa shape index (κ3) is 1.87. The molecule has 1 heteroatoms. The van der Waals surface area contributed by atoms with E-state index in [1.165, 1.54) is 53.6 Å². The van der Waals surface area contributed by atoms with E-state index < -0.39 is 0 Å². The van der Waals surface area contributed by atoms with Crippen LogP contribution in [0.5, 0.6) is 0 Å². The molecule has 0 saturated carbocycles. The summed E-state index contributed by atoms with van der Waals surface area (Å²) < 4.78 is 2.98. The molecule has 0 amide bonds. The molecule has 0 spiro atoms. The summed E-state index contributed by atoms with van der Waals surface area (Å²) in [6.45, 7) is 15.9. The quantitative estimate of drug-likeness (QED) is 0.483. The van der Waals surface area contributed by atoms with Crippen LogP contribution in [0.25, 0.3) is 20.2 Å². The molecule has 0 aliphatic rings. The summed E-state index contributed by atoms with van der Waals surface area (Å²) >= 11 is 1.99. The van der Waals surface area contributed by atoms with E-state index in [0.717, 1.165) is 6.42 Å². The second kappa shape index (κ2) is 4.84. The average molecular weight is 296 g/mol. The van der Waals surface area contributed by atoms with E-state index in [9.17, 15) is 0 Å². The van der Waals surface area contributed by atoms with Crippen LogP contribution in [-0.2, 0) is 6.42 Å². The average Bonchev–Trinajstić information content (AvgIpc) is 2.83. The van der Waals surface area contributed by atoms with Crippen LogP contribution in [0.3, 0.4) is 0 Å². The number of fused-ring (bicyclic) bond motifs is 3. The molecule has 1 aromatic heterocycles. The molecule has 0 nitrogen and oxygen atoms in total. The fourth-order valence-electron chi connectivity index (χ4n) is 3.52. The van der Waals surface area contributed by atoms with Crippen LogP contribution in [0.4, 0.5) is 0 Å². The highest BCUT2D eigenvalue weighted by Gasteiger charge is 2.18. The molecule has 21 heavy (non-hydrogen) atoms. The van der Waals surface area contributed by atoms with Gasteiger partial charge in [0.25, 0.3) is 0 Å². The summed E-state index contributed by atoms with van der Waals surface area (Å²) in [6.07, 6.45) is 1.11. The lowest BCUT2D eigenvalue weighted by molar-refractivity contribution is 1.11. The maximum absolute atomic E-state index is 2.41. The maximum Gasteiger partial charge on any atom is 0.0390 e. The Morgan fingerprint density at radius 1 is 0.762 bits per heavy atom. The van der Waals surface area contributed by atoms with Crippen molar-refractivity contribution in [2.24, 2.45) is 0 Å². The van der Waals surface area contributed by atoms with E-state index in [-0.39, 0.29) is 0 Å². The summed E-state index contributed by atoms with van der Waals surface area (Å²) in [5.41, 5.74) is 10.3. The minimum absolute atomic E-state index is 1.11. The van der Waals surface area contributed by atoms with Crippen molar-refractivity contribution in [1.29, 1.82) is 0 Å². The molecule has 110 valence electrons. The summed E-state index contributed by atoms with van der Waals surface area (Å²) in [5.74, 6) is 0. The second-order valence-corrected chi connectivity index (χ2v) is 7.35. The molecule has 3 aromatic rings. The molecule has 0 aliphatic heterocycles. The van der Waals surface area contributed by atoms with Gasteiger partial charge in [0.2, 0.25) is 0 Å². The minimum Gasteiger partial charge on any atom is -0.135 e. The zero-order valence-corrected chi connectivity index (χ0v) is 15.0. The monoisotopic (exact) mass is 296 g/mol. The third-order valence-electron chi connectivity index (χ3n) is 5.37. The molecule has 0 aliphatic carbocycles. The van der Waals surface area contributed by atoms with Gasteiger partial charge in [-0.1, -0.05) is 6.92 Å². The smallest absolute Gasteiger partial charge is 0.0390 e. The van der Waals surface area contributed by atoms with Crippen LogP contribution in [0.2, 0.25) is 0 Å².